The van der Waals surface area contributed by atoms with E-state index in [1.54, 1.807) is 20.8 Å². The third kappa shape index (κ3) is 3.47. The molecule has 2 N–H and O–H groups in total. The van der Waals surface area contributed by atoms with E-state index >= 15 is 0 Å². The van der Waals surface area contributed by atoms with E-state index in [-0.39, 0.29) is 17.7 Å². The van der Waals surface area contributed by atoms with Gasteiger partial charge in [-0.3, -0.25) is 0 Å². The van der Waals surface area contributed by atoms with Crippen molar-refractivity contribution in [3.63, 3.8) is 0 Å². The molecule has 0 radical (unpaired) electrons. The molecule has 17 heavy (non-hydrogen) atoms. The summed E-state index contributed by atoms with van der Waals surface area (Å²) in [6.07, 6.45) is -3.11. The van der Waals surface area contributed by atoms with E-state index in [9.17, 15) is 13.2 Å². The maximum absolute atomic E-state index is 12.5. The molecule has 0 aliphatic carbocycles. The highest BCUT2D eigenvalue weighted by molar-refractivity contribution is 5.56. The number of aromatic nitrogens is 2. The fourth-order valence-corrected chi connectivity index (χ4v) is 1.44. The van der Waals surface area contributed by atoms with Gasteiger partial charge in [0.1, 0.15) is 24.5 Å². The summed E-state index contributed by atoms with van der Waals surface area (Å²) >= 11 is 0. The van der Waals surface area contributed by atoms with Crippen LogP contribution in [0.2, 0.25) is 0 Å². The van der Waals surface area contributed by atoms with E-state index in [1.165, 1.54) is 6.33 Å². The largest absolute Gasteiger partial charge is 0.405 e. The smallest absolute Gasteiger partial charge is 0.383 e. The number of anilines is 2. The molecule has 0 atom stereocenters. The first kappa shape index (κ1) is 13.5. The number of halogens is 3. The van der Waals surface area contributed by atoms with Gasteiger partial charge in [-0.25, -0.2) is 9.97 Å². The van der Waals surface area contributed by atoms with Crippen LogP contribution in [0.5, 0.6) is 0 Å². The summed E-state index contributed by atoms with van der Waals surface area (Å²) in [7, 11) is 0. The van der Waals surface area contributed by atoms with Crippen LogP contribution in [-0.2, 0) is 0 Å². The van der Waals surface area contributed by atoms with Gasteiger partial charge >= 0.3 is 6.18 Å². The van der Waals surface area contributed by atoms with Crippen molar-refractivity contribution in [1.29, 1.82) is 0 Å². The topological polar surface area (TPSA) is 55.0 Å². The normalized spacial score (nSPS) is 11.9. The first-order valence-corrected chi connectivity index (χ1v) is 5.13. The molecular formula is C10H15F3N4. The molecule has 0 aliphatic rings. The van der Waals surface area contributed by atoms with Crippen LogP contribution in [-0.4, -0.2) is 28.7 Å². The SMILES string of the molecule is Cc1c(N)ncnc1N(CC(F)(F)F)C(C)C. The number of nitrogens with zero attached hydrogens (tertiary/aromatic N) is 3. The quantitative estimate of drug-likeness (QED) is 0.890. The van der Waals surface area contributed by atoms with E-state index in [4.69, 9.17) is 5.73 Å². The van der Waals surface area contributed by atoms with E-state index in [2.05, 4.69) is 9.97 Å². The lowest BCUT2D eigenvalue weighted by Crippen LogP contribution is -2.40. The summed E-state index contributed by atoms with van der Waals surface area (Å²) in [4.78, 5) is 8.78. The van der Waals surface area contributed by atoms with E-state index in [0.717, 1.165) is 4.90 Å². The molecule has 0 aromatic carbocycles. The van der Waals surface area contributed by atoms with Crippen LogP contribution in [0.15, 0.2) is 6.33 Å². The summed E-state index contributed by atoms with van der Waals surface area (Å²) in [6, 6.07) is -0.329. The second-order valence-electron chi connectivity index (χ2n) is 4.04. The zero-order valence-corrected chi connectivity index (χ0v) is 9.91. The van der Waals surface area contributed by atoms with Crippen LogP contribution in [0.4, 0.5) is 24.8 Å². The number of nitrogen functional groups attached to an aromatic ring is 1. The predicted octanol–water partition coefficient (Wildman–Crippen LogP) is 2.14. The third-order valence-corrected chi connectivity index (χ3v) is 2.34. The zero-order chi connectivity index (χ0) is 13.2. The predicted molar refractivity (Wildman–Crippen MR) is 59.7 cm³/mol. The summed E-state index contributed by atoms with van der Waals surface area (Å²) in [6.45, 7) is 3.89. The second kappa shape index (κ2) is 4.77. The molecule has 1 rings (SSSR count). The molecule has 7 heteroatoms. The van der Waals surface area contributed by atoms with E-state index in [0.29, 0.717) is 5.56 Å². The van der Waals surface area contributed by atoms with Gasteiger partial charge in [-0.1, -0.05) is 0 Å². The van der Waals surface area contributed by atoms with Crippen molar-refractivity contribution in [3.8, 4) is 0 Å². The highest BCUT2D eigenvalue weighted by atomic mass is 19.4. The lowest BCUT2D eigenvalue weighted by Gasteiger charge is -2.29. The van der Waals surface area contributed by atoms with Crippen LogP contribution < -0.4 is 10.6 Å². The number of alkyl halides is 3. The molecule has 0 saturated carbocycles. The maximum atomic E-state index is 12.5. The molecule has 0 unspecified atom stereocenters. The fraction of sp³-hybridized carbons (Fsp3) is 0.600. The molecule has 0 saturated heterocycles. The molecule has 4 nitrogen and oxygen atoms in total. The zero-order valence-electron chi connectivity index (χ0n) is 9.91. The molecule has 1 aromatic heterocycles. The Bertz CT molecular complexity index is 390. The van der Waals surface area contributed by atoms with Crippen molar-refractivity contribution in [2.75, 3.05) is 17.2 Å². The number of rotatable bonds is 3. The average molecular weight is 248 g/mol. The molecule has 1 heterocycles. The molecule has 96 valence electrons. The van der Waals surface area contributed by atoms with Gasteiger partial charge in [0, 0.05) is 11.6 Å². The minimum absolute atomic E-state index is 0.197. The Balaban J connectivity index is 3.10. The van der Waals surface area contributed by atoms with Crippen LogP contribution in [0, 0.1) is 6.92 Å². The molecule has 0 bridgehead atoms. The monoisotopic (exact) mass is 248 g/mol. The highest BCUT2D eigenvalue weighted by Crippen LogP contribution is 2.26. The van der Waals surface area contributed by atoms with Crippen molar-refractivity contribution in [1.82, 2.24) is 9.97 Å². The number of hydrogen-bond donors (Lipinski definition) is 1. The van der Waals surface area contributed by atoms with Gasteiger partial charge in [0.25, 0.3) is 0 Å². The summed E-state index contributed by atoms with van der Waals surface area (Å²) in [5.74, 6) is 0.424. The average Bonchev–Trinajstić information content (AvgIpc) is 2.17. The van der Waals surface area contributed by atoms with Crippen molar-refractivity contribution >= 4 is 11.6 Å². The Morgan fingerprint density at radius 1 is 1.35 bits per heavy atom. The Hall–Kier alpha value is -1.53. The fourth-order valence-electron chi connectivity index (χ4n) is 1.44. The Morgan fingerprint density at radius 2 is 1.94 bits per heavy atom. The molecule has 1 aromatic rings. The Morgan fingerprint density at radius 3 is 2.41 bits per heavy atom. The van der Waals surface area contributed by atoms with Gasteiger partial charge < -0.3 is 10.6 Å². The molecule has 0 aliphatic heterocycles. The van der Waals surface area contributed by atoms with Gasteiger partial charge in [-0.15, -0.1) is 0 Å². The van der Waals surface area contributed by atoms with Crippen LogP contribution in [0.1, 0.15) is 19.4 Å². The van der Waals surface area contributed by atoms with Crippen LogP contribution in [0.3, 0.4) is 0 Å². The summed E-state index contributed by atoms with van der Waals surface area (Å²) in [5.41, 5.74) is 6.03. The minimum atomic E-state index is -4.28. The van der Waals surface area contributed by atoms with Crippen molar-refractivity contribution in [2.24, 2.45) is 0 Å². The van der Waals surface area contributed by atoms with Gasteiger partial charge in [-0.2, -0.15) is 13.2 Å². The third-order valence-electron chi connectivity index (χ3n) is 2.34. The Kier molecular flexibility index (Phi) is 3.79. The first-order chi connectivity index (χ1) is 7.72. The van der Waals surface area contributed by atoms with Gasteiger partial charge in [-0.05, 0) is 20.8 Å². The standard InChI is InChI=1S/C10H15F3N4/c1-6(2)17(4-10(11,12)13)9-7(3)8(14)15-5-16-9/h5-6H,4H2,1-3H3,(H2,14,15,16). The van der Waals surface area contributed by atoms with Gasteiger partial charge in [0.05, 0.1) is 0 Å². The van der Waals surface area contributed by atoms with Gasteiger partial charge in [0.15, 0.2) is 0 Å². The summed E-state index contributed by atoms with van der Waals surface area (Å²) < 4.78 is 37.4. The highest BCUT2D eigenvalue weighted by Gasteiger charge is 2.33. The lowest BCUT2D eigenvalue weighted by atomic mass is 10.2. The second-order valence-corrected chi connectivity index (χ2v) is 4.04. The first-order valence-electron chi connectivity index (χ1n) is 5.13. The minimum Gasteiger partial charge on any atom is -0.383 e. The van der Waals surface area contributed by atoms with E-state index < -0.39 is 12.7 Å². The number of nitrogens with two attached hydrogens (primary N) is 1. The van der Waals surface area contributed by atoms with Crippen LogP contribution in [0.25, 0.3) is 0 Å². The van der Waals surface area contributed by atoms with Gasteiger partial charge in [0.2, 0.25) is 0 Å². The molecule has 0 amide bonds. The van der Waals surface area contributed by atoms with Crippen molar-refractivity contribution in [3.05, 3.63) is 11.9 Å². The molecule has 0 spiro atoms. The Labute approximate surface area is 97.7 Å². The molecule has 0 fully saturated rings. The number of hydrogen-bond acceptors (Lipinski definition) is 4. The maximum Gasteiger partial charge on any atom is 0.405 e. The summed E-state index contributed by atoms with van der Waals surface area (Å²) in [5, 5.41) is 0. The van der Waals surface area contributed by atoms with Crippen LogP contribution >= 0.6 is 0 Å². The lowest BCUT2D eigenvalue weighted by molar-refractivity contribution is -0.120. The van der Waals surface area contributed by atoms with E-state index in [1.807, 2.05) is 0 Å². The van der Waals surface area contributed by atoms with Crippen molar-refractivity contribution < 1.29 is 13.2 Å². The van der Waals surface area contributed by atoms with Crippen molar-refractivity contribution in [2.45, 2.75) is 33.0 Å². The molecular weight excluding hydrogens is 233 g/mol.